The Morgan fingerprint density at radius 2 is 0.987 bits per heavy atom. The van der Waals surface area contributed by atoms with Crippen molar-refractivity contribution in [1.29, 1.82) is 5.26 Å². The van der Waals surface area contributed by atoms with Crippen LogP contribution in [0.25, 0.3) is 12.2 Å². The summed E-state index contributed by atoms with van der Waals surface area (Å²) in [5.41, 5.74) is 6.99. The number of aliphatic hydroxyl groups excluding tert-OH is 1. The van der Waals surface area contributed by atoms with Crippen LogP contribution in [0.1, 0.15) is 189 Å². The Morgan fingerprint density at radius 3 is 1.39 bits per heavy atom. The van der Waals surface area contributed by atoms with Crippen molar-refractivity contribution >= 4 is 49.4 Å². The van der Waals surface area contributed by atoms with Crippen LogP contribution in [0.15, 0.2) is 96.8 Å². The van der Waals surface area contributed by atoms with Gasteiger partial charge in [-0.2, -0.15) is 5.26 Å². The van der Waals surface area contributed by atoms with Gasteiger partial charge in [-0.25, -0.2) is 0 Å². The fourth-order valence-corrected chi connectivity index (χ4v) is 5.53. The molecule has 4 rings (SSSR count). The van der Waals surface area contributed by atoms with Gasteiger partial charge >= 0.3 is 7.32 Å². The first-order chi connectivity index (χ1) is 39.5. The number of rotatable bonds is 25. The lowest BCUT2D eigenvalue weighted by atomic mass is 10.1. The first-order valence-electron chi connectivity index (χ1n) is 29.0. The third-order valence-corrected chi connectivity index (χ3v) is 10.2. The Kier molecular flexibility index (Phi) is 43.2. The number of benzene rings is 4. The second-order valence-corrected chi connectivity index (χ2v) is 17.3. The minimum absolute atomic E-state index is 0. The van der Waals surface area contributed by atoms with Gasteiger partial charge in [0.2, 0.25) is 0 Å². The van der Waals surface area contributed by atoms with Crippen LogP contribution in [0, 0.1) is 39.0 Å². The van der Waals surface area contributed by atoms with E-state index in [1.165, 1.54) is 106 Å². The lowest BCUT2D eigenvalue weighted by Gasteiger charge is -2.14. The van der Waals surface area contributed by atoms with Crippen LogP contribution < -0.4 is 9.47 Å². The molecule has 15 heteroatoms. The fourth-order valence-electron chi connectivity index (χ4n) is 5.53. The number of ketones is 3. The number of carbonyl (C=O) groups excluding carboxylic acids is 5. The molecule has 0 heterocycles. The normalized spacial score (nSPS) is 11.4. The lowest BCUT2D eigenvalue weighted by Crippen LogP contribution is -2.28. The molecular formula is C64H94BNO13. The molecule has 0 aliphatic rings. The van der Waals surface area contributed by atoms with E-state index >= 15 is 0 Å². The van der Waals surface area contributed by atoms with Crippen molar-refractivity contribution in [1.82, 2.24) is 0 Å². The molecule has 0 aliphatic carbocycles. The van der Waals surface area contributed by atoms with Gasteiger partial charge in [0.05, 0.1) is 34.8 Å². The number of unbranched alkanes of at least 4 members (excludes halogenated alkanes) is 5. The number of aldehydes is 2. The van der Waals surface area contributed by atoms with Crippen LogP contribution in [0.5, 0.6) is 23.0 Å². The summed E-state index contributed by atoms with van der Waals surface area (Å²) in [4.78, 5) is 52.5. The van der Waals surface area contributed by atoms with Crippen LogP contribution >= 0.6 is 0 Å². The number of hydrogen-bond acceptors (Lipinski definition) is 14. The standard InChI is InChI=1S/C23H24O4.C12H27BO3.C9H10O.C7H6O3.C5H8O2.C5H12.C2H3N.CH4/c1-16-5-6-18(13-17(16)2)7-10-20(24)15-21(25)11-8-19-9-12-22(26-3)23(14-19)27-4;1-4-7-10-14-13(15-11-8-5-2)16-12-9-6-3;1-7-3-4-9(6-10)5-8(7)2;8-4-5-1-2-6(9)7(10)3-5;1-4(6)3-5(2)7;1-3-5-4-2;1-2-3;/h5-15,24H,1-4H3;4-12H2,1-3H3;3-6H,1-2H3;1-4,9-10H;3H2,1-2H3;3-5H2,1-2H3;1H3;1H4/b10-7+,11-8+,20-15-;;;;;;;/i3D3,4D3;;;;;;;. The summed E-state index contributed by atoms with van der Waals surface area (Å²) in [6.45, 7) is 25.3. The predicted molar refractivity (Wildman–Crippen MR) is 323 cm³/mol. The molecule has 0 saturated carbocycles. The number of phenolic OH excluding ortho intramolecular Hbond substituents is 2. The van der Waals surface area contributed by atoms with Gasteiger partial charge in [0.1, 0.15) is 29.9 Å². The molecular weight excluding hydrogens is 1000 g/mol. The van der Waals surface area contributed by atoms with E-state index in [0.29, 0.717) is 17.4 Å². The van der Waals surface area contributed by atoms with Gasteiger partial charge in [0.15, 0.2) is 28.8 Å². The first-order valence-corrected chi connectivity index (χ1v) is 26.0. The third kappa shape index (κ3) is 43.5. The number of nitriles is 1. The predicted octanol–water partition coefficient (Wildman–Crippen LogP) is 15.4. The first kappa shape index (κ1) is 66.2. The number of aromatic hydroxyl groups is 2. The number of nitrogens with zero attached hydrogens (tertiary/aromatic N) is 1. The molecule has 0 fully saturated rings. The molecule has 0 aliphatic heterocycles. The molecule has 0 atom stereocenters. The molecule has 14 nitrogen and oxygen atoms in total. The Morgan fingerprint density at radius 1 is 0.582 bits per heavy atom. The summed E-state index contributed by atoms with van der Waals surface area (Å²) in [6, 6.07) is 21.0. The molecule has 0 aromatic heterocycles. The topological polar surface area (TPSA) is 216 Å². The van der Waals surface area contributed by atoms with Crippen LogP contribution in [-0.2, 0) is 28.3 Å². The Labute approximate surface area is 483 Å². The SMILES string of the molecule is C.CC#N.CC(=O)CC(C)=O.CCCCC.CCCCOB(OCCCC)OCCCC.Cc1ccc(C=O)cc1C.O=Cc1ccc(O)c(O)c1.[2H]C([2H])([2H])Oc1ccc(/C=C/C(=O)/C=C(O)/C=C/c2ccc(C)c(C)c2)cc1OC([2H])([2H])[2H]. The zero-order valence-electron chi connectivity index (χ0n) is 54.1. The quantitative estimate of drug-likeness (QED) is 0.00823. The molecule has 0 unspecified atom stereocenters. The van der Waals surface area contributed by atoms with Crippen LogP contribution in [-0.4, -0.2) is 86.5 Å². The van der Waals surface area contributed by atoms with E-state index in [1.807, 2.05) is 64.1 Å². The lowest BCUT2D eigenvalue weighted by molar-refractivity contribution is -0.124. The molecule has 4 aromatic carbocycles. The van der Waals surface area contributed by atoms with E-state index in [4.69, 9.17) is 47.1 Å². The Balaban J connectivity index is -0.000000522. The van der Waals surface area contributed by atoms with Crippen LogP contribution in [0.2, 0.25) is 0 Å². The minimum atomic E-state index is -2.83. The van der Waals surface area contributed by atoms with Gasteiger partial charge in [-0.3, -0.25) is 24.0 Å². The number of hydrogen-bond donors (Lipinski definition) is 3. The number of allylic oxidation sites excluding steroid dienone is 3. The van der Waals surface area contributed by atoms with E-state index in [1.54, 1.807) is 12.1 Å². The maximum Gasteiger partial charge on any atom is 0.639 e. The third-order valence-electron chi connectivity index (χ3n) is 10.2. The van der Waals surface area contributed by atoms with E-state index < -0.39 is 27.2 Å². The molecule has 0 amide bonds. The van der Waals surface area contributed by atoms with Gasteiger partial charge in [-0.1, -0.05) is 129 Å². The van der Waals surface area contributed by atoms with Gasteiger partial charge < -0.3 is 38.8 Å². The number of aryl methyl sites for hydroxylation is 4. The van der Waals surface area contributed by atoms with Crippen molar-refractivity contribution in [2.45, 2.75) is 155 Å². The molecule has 3 N–H and O–H groups in total. The summed E-state index contributed by atoms with van der Waals surface area (Å²) in [6.07, 6.45) is 18.8. The highest BCUT2D eigenvalue weighted by molar-refractivity contribution is 6.36. The molecule has 0 saturated heterocycles. The highest BCUT2D eigenvalue weighted by atomic mass is 16.7. The van der Waals surface area contributed by atoms with Gasteiger partial charge in [-0.15, -0.1) is 0 Å². The monoisotopic (exact) mass is 1100 g/mol. The van der Waals surface area contributed by atoms with Crippen molar-refractivity contribution < 1.29 is 71.0 Å². The van der Waals surface area contributed by atoms with E-state index in [-0.39, 0.29) is 54.2 Å². The van der Waals surface area contributed by atoms with Gasteiger partial charge in [-0.05, 0) is 143 Å². The van der Waals surface area contributed by atoms with Crippen molar-refractivity contribution in [3.8, 4) is 29.1 Å². The van der Waals surface area contributed by atoms with Crippen molar-refractivity contribution in [3.63, 3.8) is 0 Å². The summed E-state index contributed by atoms with van der Waals surface area (Å²) in [7, 11) is -6.08. The average Bonchev–Trinajstić information content (AvgIpc) is 3.62. The molecule has 0 spiro atoms. The molecule has 79 heavy (non-hydrogen) atoms. The number of phenols is 2. The van der Waals surface area contributed by atoms with Crippen molar-refractivity contribution in [2.24, 2.45) is 0 Å². The van der Waals surface area contributed by atoms with Crippen LogP contribution in [0.4, 0.5) is 0 Å². The van der Waals surface area contributed by atoms with Crippen LogP contribution in [0.3, 0.4) is 0 Å². The second kappa shape index (κ2) is 51.6. The Hall–Kier alpha value is -7.12. The maximum absolute atomic E-state index is 12.1. The summed E-state index contributed by atoms with van der Waals surface area (Å²) >= 11 is 0. The van der Waals surface area contributed by atoms with E-state index in [2.05, 4.69) is 34.6 Å². The molecule has 4 aromatic rings. The zero-order chi connectivity index (χ0) is 64.7. The van der Waals surface area contributed by atoms with Crippen molar-refractivity contribution in [3.05, 3.63) is 141 Å². The summed E-state index contributed by atoms with van der Waals surface area (Å²) in [5, 5.41) is 34.9. The largest absolute Gasteiger partial charge is 0.639 e. The molecule has 0 bridgehead atoms. The van der Waals surface area contributed by atoms with E-state index in [0.717, 1.165) is 93.0 Å². The maximum atomic E-state index is 12.1. The smallest absolute Gasteiger partial charge is 0.508 e. The highest BCUT2D eigenvalue weighted by Crippen LogP contribution is 2.28. The van der Waals surface area contributed by atoms with E-state index in [9.17, 15) is 29.1 Å². The number of carbonyl (C=O) groups is 5. The number of aliphatic hydroxyl groups is 1. The molecule has 436 valence electrons. The number of ether oxygens (including phenoxy) is 2. The molecule has 0 radical (unpaired) electrons. The minimum Gasteiger partial charge on any atom is -0.508 e. The highest BCUT2D eigenvalue weighted by Gasteiger charge is 2.20. The summed E-state index contributed by atoms with van der Waals surface area (Å²) < 4.78 is 69.5. The second-order valence-electron chi connectivity index (χ2n) is 17.3. The average molecular weight is 1100 g/mol. The Bertz CT molecular complexity index is 2570. The number of methoxy groups -OCH3 is 2. The fraction of sp³-hybridized carbons (Fsp3) is 0.438. The zero-order valence-corrected chi connectivity index (χ0v) is 48.1. The number of Topliss-reactive ketones (excluding diaryl/α,β-unsaturated/α-hetero) is 2. The van der Waals surface area contributed by atoms with Crippen molar-refractivity contribution in [2.75, 3.05) is 33.9 Å². The van der Waals surface area contributed by atoms with Gasteiger partial charge in [0.25, 0.3) is 0 Å². The van der Waals surface area contributed by atoms with Gasteiger partial charge in [0, 0.05) is 43.9 Å². The summed E-state index contributed by atoms with van der Waals surface area (Å²) in [5.74, 6) is -1.96.